The first-order valence-electron chi connectivity index (χ1n) is 9.62. The molecule has 120 valence electrons. The summed E-state index contributed by atoms with van der Waals surface area (Å²) in [5, 5.41) is 0. The predicted octanol–water partition coefficient (Wildman–Crippen LogP) is 5.69. The number of fused-ring (bicyclic) bond motifs is 5. The molecule has 2 atom stereocenters. The first-order chi connectivity index (χ1) is 11.3. The van der Waals surface area contributed by atoms with E-state index in [1.807, 2.05) is 0 Å². The molecule has 0 amide bonds. The van der Waals surface area contributed by atoms with Gasteiger partial charge in [-0.15, -0.1) is 0 Å². The van der Waals surface area contributed by atoms with Crippen LogP contribution in [0.4, 0.5) is 0 Å². The second-order valence-corrected chi connectivity index (χ2v) is 8.40. The molecule has 4 aliphatic rings. The highest BCUT2D eigenvalue weighted by Gasteiger charge is 2.51. The van der Waals surface area contributed by atoms with Crippen LogP contribution in [-0.2, 0) is 5.41 Å². The molecule has 1 aromatic rings. The summed E-state index contributed by atoms with van der Waals surface area (Å²) in [6.07, 6.45) is 14.8. The van der Waals surface area contributed by atoms with Gasteiger partial charge in [-0.3, -0.25) is 4.79 Å². The molecule has 1 spiro atoms. The van der Waals surface area contributed by atoms with E-state index in [1.165, 1.54) is 62.5 Å². The van der Waals surface area contributed by atoms with Crippen LogP contribution in [0, 0.1) is 5.92 Å². The highest BCUT2D eigenvalue weighted by atomic mass is 16.1. The minimum absolute atomic E-state index is 0.304. The molecule has 0 N–H and O–H groups in total. The lowest BCUT2D eigenvalue weighted by Crippen LogP contribution is -2.37. The second kappa shape index (κ2) is 5.06. The quantitative estimate of drug-likeness (QED) is 0.609. The number of carbonyl (C=O) groups is 1. The Bertz CT molecular complexity index is 692. The number of Topliss-reactive ketones (excluding diaryl/α,β-unsaturated/α-hetero) is 1. The van der Waals surface area contributed by atoms with E-state index in [9.17, 15) is 4.79 Å². The van der Waals surface area contributed by atoms with Gasteiger partial charge < -0.3 is 0 Å². The Balaban J connectivity index is 1.57. The minimum atomic E-state index is 0.304. The number of carbonyl (C=O) groups excluding carboxylic acids is 1. The average molecular weight is 306 g/mol. The van der Waals surface area contributed by atoms with Crippen molar-refractivity contribution in [2.24, 2.45) is 5.92 Å². The lowest BCUT2D eigenvalue weighted by Gasteiger charge is -2.41. The fourth-order valence-corrected chi connectivity index (χ4v) is 6.04. The molecule has 23 heavy (non-hydrogen) atoms. The summed E-state index contributed by atoms with van der Waals surface area (Å²) in [5.41, 5.74) is 5.90. The van der Waals surface area contributed by atoms with Crippen LogP contribution >= 0.6 is 0 Å². The van der Waals surface area contributed by atoms with Gasteiger partial charge in [0.1, 0.15) is 0 Å². The number of hydrogen-bond acceptors (Lipinski definition) is 1. The summed E-state index contributed by atoms with van der Waals surface area (Å²) >= 11 is 0. The minimum Gasteiger partial charge on any atom is -0.294 e. The third-order valence-electron chi connectivity index (χ3n) is 7.28. The van der Waals surface area contributed by atoms with Gasteiger partial charge in [0.15, 0.2) is 5.78 Å². The van der Waals surface area contributed by atoms with Gasteiger partial charge in [-0.1, -0.05) is 43.0 Å². The highest BCUT2D eigenvalue weighted by molar-refractivity contribution is 5.99. The third-order valence-corrected chi connectivity index (χ3v) is 7.28. The molecular formula is C22H26O. The molecule has 1 heteroatoms. The zero-order valence-corrected chi connectivity index (χ0v) is 13.9. The molecule has 2 unspecified atom stereocenters. The summed E-state index contributed by atoms with van der Waals surface area (Å²) in [6.45, 7) is 0. The van der Waals surface area contributed by atoms with E-state index >= 15 is 0 Å². The van der Waals surface area contributed by atoms with Crippen LogP contribution < -0.4 is 0 Å². The van der Waals surface area contributed by atoms with Gasteiger partial charge in [0.2, 0.25) is 0 Å². The van der Waals surface area contributed by atoms with E-state index in [0.29, 0.717) is 17.1 Å². The van der Waals surface area contributed by atoms with Crippen LogP contribution in [0.2, 0.25) is 0 Å². The lowest BCUT2D eigenvalue weighted by atomic mass is 9.62. The fourth-order valence-electron chi connectivity index (χ4n) is 6.04. The van der Waals surface area contributed by atoms with Crippen LogP contribution in [0.3, 0.4) is 0 Å². The monoisotopic (exact) mass is 306 g/mol. The molecule has 0 heterocycles. The van der Waals surface area contributed by atoms with Gasteiger partial charge in [-0.25, -0.2) is 0 Å². The Labute approximate surface area is 139 Å². The zero-order chi connectivity index (χ0) is 15.4. The fraction of sp³-hybridized carbons (Fsp3) is 0.591. The predicted molar refractivity (Wildman–Crippen MR) is 92.9 cm³/mol. The molecule has 1 nitrogen and oxygen atoms in total. The Hall–Kier alpha value is -1.37. The summed E-state index contributed by atoms with van der Waals surface area (Å²) in [5.74, 6) is 1.87. The number of rotatable bonds is 1. The Morgan fingerprint density at radius 3 is 2.70 bits per heavy atom. The molecule has 2 fully saturated rings. The van der Waals surface area contributed by atoms with Gasteiger partial charge in [-0.2, -0.15) is 0 Å². The molecule has 5 rings (SSSR count). The largest absolute Gasteiger partial charge is 0.294 e. The van der Waals surface area contributed by atoms with E-state index in [2.05, 4.69) is 24.3 Å². The summed E-state index contributed by atoms with van der Waals surface area (Å²) in [7, 11) is 0. The van der Waals surface area contributed by atoms with Crippen molar-refractivity contribution in [1.82, 2.24) is 0 Å². The second-order valence-electron chi connectivity index (χ2n) is 8.40. The van der Waals surface area contributed by atoms with Crippen molar-refractivity contribution < 1.29 is 4.79 Å². The standard InChI is InChI=1S/C22H26O/c23-21-10-11-22(14-15-6-8-18(22)12-15)20-9-7-17(13-19(20)21)16-4-2-1-3-5-16/h6-7,9,13,16,18H,1-5,8,10-12,14H2. The summed E-state index contributed by atoms with van der Waals surface area (Å²) in [4.78, 5) is 12.7. The molecule has 4 aliphatic carbocycles. The van der Waals surface area contributed by atoms with Crippen molar-refractivity contribution in [2.75, 3.05) is 0 Å². The van der Waals surface area contributed by atoms with E-state index in [1.54, 1.807) is 5.57 Å². The topological polar surface area (TPSA) is 17.1 Å². The van der Waals surface area contributed by atoms with Crippen molar-refractivity contribution in [3.8, 4) is 0 Å². The van der Waals surface area contributed by atoms with Crippen LogP contribution in [0.25, 0.3) is 0 Å². The van der Waals surface area contributed by atoms with Gasteiger partial charge in [0, 0.05) is 17.4 Å². The first-order valence-corrected chi connectivity index (χ1v) is 9.62. The Kier molecular flexibility index (Phi) is 3.08. The maximum absolute atomic E-state index is 12.7. The van der Waals surface area contributed by atoms with Crippen molar-refractivity contribution in [1.29, 1.82) is 0 Å². The van der Waals surface area contributed by atoms with Crippen molar-refractivity contribution in [3.63, 3.8) is 0 Å². The van der Waals surface area contributed by atoms with E-state index in [4.69, 9.17) is 0 Å². The summed E-state index contributed by atoms with van der Waals surface area (Å²) in [6, 6.07) is 7.03. The average Bonchev–Trinajstić information content (AvgIpc) is 3.21. The SMILES string of the molecule is O=C1CCC2(CC3=CCC2C3)c2ccc(C3CCCCC3)cc21. The summed E-state index contributed by atoms with van der Waals surface area (Å²) < 4.78 is 0. The number of hydrogen-bond donors (Lipinski definition) is 0. The van der Waals surface area contributed by atoms with Gasteiger partial charge >= 0.3 is 0 Å². The molecule has 0 radical (unpaired) electrons. The van der Waals surface area contributed by atoms with Gasteiger partial charge in [-0.05, 0) is 67.6 Å². The zero-order valence-electron chi connectivity index (χ0n) is 13.9. The van der Waals surface area contributed by atoms with Crippen molar-refractivity contribution in [2.45, 2.75) is 75.5 Å². The highest BCUT2D eigenvalue weighted by Crippen LogP contribution is 2.58. The molecular weight excluding hydrogens is 280 g/mol. The number of benzene rings is 1. The molecule has 0 aliphatic heterocycles. The lowest BCUT2D eigenvalue weighted by molar-refractivity contribution is 0.0939. The maximum atomic E-state index is 12.7. The van der Waals surface area contributed by atoms with Crippen molar-refractivity contribution in [3.05, 3.63) is 46.5 Å². The molecule has 0 saturated heterocycles. The molecule has 0 aromatic heterocycles. The molecule has 2 bridgehead atoms. The van der Waals surface area contributed by atoms with Crippen LogP contribution in [0.5, 0.6) is 0 Å². The molecule has 1 aromatic carbocycles. The van der Waals surface area contributed by atoms with Gasteiger partial charge in [0.05, 0.1) is 0 Å². The van der Waals surface area contributed by atoms with E-state index < -0.39 is 0 Å². The smallest absolute Gasteiger partial charge is 0.163 e. The van der Waals surface area contributed by atoms with Crippen LogP contribution in [0.15, 0.2) is 29.8 Å². The van der Waals surface area contributed by atoms with Crippen LogP contribution in [-0.4, -0.2) is 5.78 Å². The van der Waals surface area contributed by atoms with E-state index in [0.717, 1.165) is 24.3 Å². The van der Waals surface area contributed by atoms with Gasteiger partial charge in [0.25, 0.3) is 0 Å². The van der Waals surface area contributed by atoms with Crippen molar-refractivity contribution >= 4 is 5.78 Å². The van der Waals surface area contributed by atoms with E-state index in [-0.39, 0.29) is 0 Å². The normalized spacial score (nSPS) is 33.1. The Morgan fingerprint density at radius 1 is 1.09 bits per heavy atom. The Morgan fingerprint density at radius 2 is 1.96 bits per heavy atom. The maximum Gasteiger partial charge on any atom is 0.163 e. The number of allylic oxidation sites excluding steroid dienone is 2. The number of ketones is 1. The molecule has 2 saturated carbocycles. The van der Waals surface area contributed by atoms with Crippen LogP contribution in [0.1, 0.15) is 91.6 Å². The third kappa shape index (κ3) is 2.01. The first kappa shape index (κ1) is 14.0.